The first-order chi connectivity index (χ1) is 12.2. The molecule has 1 fully saturated rings. The molecule has 1 saturated carbocycles. The van der Waals surface area contributed by atoms with Gasteiger partial charge in [-0.2, -0.15) is 13.3 Å². The number of anilines is 1. The number of aromatic nitrogens is 4. The van der Waals surface area contributed by atoms with E-state index in [2.05, 4.69) is 19.8 Å². The highest BCUT2D eigenvalue weighted by atomic mass is 19.3. The molecule has 10 heteroatoms. The Labute approximate surface area is 146 Å². The van der Waals surface area contributed by atoms with Crippen LogP contribution in [0.15, 0.2) is 12.1 Å². The minimum atomic E-state index is -3.50. The van der Waals surface area contributed by atoms with Gasteiger partial charge in [0.2, 0.25) is 5.95 Å². The predicted octanol–water partition coefficient (Wildman–Crippen LogP) is 1.84. The fourth-order valence-electron chi connectivity index (χ4n) is 2.97. The van der Waals surface area contributed by atoms with Crippen molar-refractivity contribution in [2.45, 2.75) is 38.3 Å². The molecule has 1 atom stereocenters. The Morgan fingerprint density at radius 2 is 2.12 bits per heavy atom. The molecule has 26 heavy (non-hydrogen) atoms. The second-order valence-corrected chi connectivity index (χ2v) is 6.66. The highest BCUT2D eigenvalue weighted by molar-refractivity contribution is 5.97. The highest BCUT2D eigenvalue weighted by Crippen LogP contribution is 2.38. The fourth-order valence-corrected chi connectivity index (χ4v) is 2.97. The maximum Gasteiger partial charge on any atom is 0.395 e. The number of ether oxygens (including phenoxy) is 1. The first-order valence-electron chi connectivity index (χ1n) is 8.22. The summed E-state index contributed by atoms with van der Waals surface area (Å²) in [5, 5.41) is 14.6. The van der Waals surface area contributed by atoms with Crippen molar-refractivity contribution in [1.82, 2.24) is 19.6 Å². The Balaban J connectivity index is 1.86. The lowest BCUT2D eigenvalue weighted by Gasteiger charge is -2.15. The number of phenols is 1. The molecule has 0 aliphatic heterocycles. The van der Waals surface area contributed by atoms with Crippen molar-refractivity contribution in [2.75, 3.05) is 5.73 Å². The van der Waals surface area contributed by atoms with E-state index in [-0.39, 0.29) is 17.5 Å². The molecule has 1 unspecified atom stereocenters. The minimum absolute atomic E-state index is 0.0121. The highest BCUT2D eigenvalue weighted by Gasteiger charge is 2.30. The molecular weight excluding hydrogens is 346 g/mol. The smallest absolute Gasteiger partial charge is 0.395 e. The number of alkyl halides is 2. The molecule has 0 bridgehead atoms. The number of nitrogens with two attached hydrogens (primary N) is 2. The number of nitrogen functional groups attached to an aromatic ring is 1. The van der Waals surface area contributed by atoms with Crippen LogP contribution in [0.3, 0.4) is 0 Å². The number of fused-ring (bicyclic) bond motifs is 3. The summed E-state index contributed by atoms with van der Waals surface area (Å²) in [4.78, 5) is 8.52. The van der Waals surface area contributed by atoms with Gasteiger partial charge in [-0.3, -0.25) is 0 Å². The third-order valence-corrected chi connectivity index (χ3v) is 4.37. The van der Waals surface area contributed by atoms with E-state index in [1.54, 1.807) is 0 Å². The SMILES string of the molecule is CC(F)(F)Oc1c(O)ccc2c1nc(N)n1nc(CC(N)C3CC3)nc21. The lowest BCUT2D eigenvalue weighted by Crippen LogP contribution is -2.25. The number of aromatic hydroxyl groups is 1. The molecule has 8 nitrogen and oxygen atoms in total. The normalized spacial score (nSPS) is 16.3. The summed E-state index contributed by atoms with van der Waals surface area (Å²) in [6.07, 6.45) is -0.801. The van der Waals surface area contributed by atoms with Crippen molar-refractivity contribution >= 4 is 22.5 Å². The van der Waals surface area contributed by atoms with Gasteiger partial charge in [-0.25, -0.2) is 9.97 Å². The van der Waals surface area contributed by atoms with E-state index in [9.17, 15) is 13.9 Å². The molecule has 1 aromatic carbocycles. The van der Waals surface area contributed by atoms with Crippen LogP contribution < -0.4 is 16.2 Å². The third-order valence-electron chi connectivity index (χ3n) is 4.37. The molecule has 0 saturated heterocycles. The summed E-state index contributed by atoms with van der Waals surface area (Å²) in [5.41, 5.74) is 12.4. The number of hydrogen-bond donors (Lipinski definition) is 3. The molecule has 138 valence electrons. The van der Waals surface area contributed by atoms with Gasteiger partial charge >= 0.3 is 6.11 Å². The lowest BCUT2D eigenvalue weighted by atomic mass is 10.1. The zero-order valence-corrected chi connectivity index (χ0v) is 14.0. The van der Waals surface area contributed by atoms with E-state index in [1.807, 2.05) is 0 Å². The van der Waals surface area contributed by atoms with Crippen LogP contribution in [0.5, 0.6) is 11.5 Å². The summed E-state index contributed by atoms with van der Waals surface area (Å²) in [6.45, 7) is 0.571. The van der Waals surface area contributed by atoms with Crippen LogP contribution in [0.4, 0.5) is 14.7 Å². The molecule has 1 aliphatic rings. The van der Waals surface area contributed by atoms with Gasteiger partial charge in [0.05, 0.1) is 0 Å². The molecule has 2 aromatic heterocycles. The lowest BCUT2D eigenvalue weighted by molar-refractivity contribution is -0.159. The van der Waals surface area contributed by atoms with E-state index < -0.39 is 17.6 Å². The number of phenolic OH excluding ortho intramolecular Hbond substituents is 1. The van der Waals surface area contributed by atoms with E-state index in [0.717, 1.165) is 12.8 Å². The van der Waals surface area contributed by atoms with Crippen LogP contribution in [0.2, 0.25) is 0 Å². The Hall–Kier alpha value is -2.75. The van der Waals surface area contributed by atoms with Crippen molar-refractivity contribution in [3.63, 3.8) is 0 Å². The van der Waals surface area contributed by atoms with Crippen LogP contribution >= 0.6 is 0 Å². The summed E-state index contributed by atoms with van der Waals surface area (Å²) in [6, 6.07) is 2.72. The molecule has 5 N–H and O–H groups in total. The van der Waals surface area contributed by atoms with Gasteiger partial charge in [0, 0.05) is 24.8 Å². The van der Waals surface area contributed by atoms with Gasteiger partial charge in [-0.1, -0.05) is 0 Å². The third kappa shape index (κ3) is 2.96. The molecule has 2 heterocycles. The summed E-state index contributed by atoms with van der Waals surface area (Å²) >= 11 is 0. The average Bonchev–Trinajstić information content (AvgIpc) is 3.30. The monoisotopic (exact) mass is 364 g/mol. The van der Waals surface area contributed by atoms with Gasteiger partial charge < -0.3 is 21.3 Å². The van der Waals surface area contributed by atoms with Crippen LogP contribution in [0.25, 0.3) is 16.6 Å². The Morgan fingerprint density at radius 3 is 2.77 bits per heavy atom. The number of benzene rings is 1. The van der Waals surface area contributed by atoms with Gasteiger partial charge in [0.1, 0.15) is 5.52 Å². The molecule has 3 aromatic rings. The number of rotatable bonds is 5. The standard InChI is InChI=1S/C16H18F2N6O2/c1-16(17,18)26-13-10(25)5-4-8-12(13)22-15(20)24-14(8)21-11(23-24)6-9(19)7-2-3-7/h4-5,7,9,25H,2-3,6,19H2,1H3,(H2,20,22). The molecule has 0 amide bonds. The molecular formula is C16H18F2N6O2. The Kier molecular flexibility index (Phi) is 3.62. The van der Waals surface area contributed by atoms with Crippen molar-refractivity contribution in [3.05, 3.63) is 18.0 Å². The van der Waals surface area contributed by atoms with Crippen molar-refractivity contribution in [3.8, 4) is 11.5 Å². The minimum Gasteiger partial charge on any atom is -0.504 e. The van der Waals surface area contributed by atoms with Crippen molar-refractivity contribution < 1.29 is 18.6 Å². The summed E-state index contributed by atoms with van der Waals surface area (Å²) < 4.78 is 32.6. The largest absolute Gasteiger partial charge is 0.504 e. The van der Waals surface area contributed by atoms with Crippen molar-refractivity contribution in [1.29, 1.82) is 0 Å². The van der Waals surface area contributed by atoms with Crippen LogP contribution in [-0.2, 0) is 6.42 Å². The Morgan fingerprint density at radius 1 is 1.38 bits per heavy atom. The fraction of sp³-hybridized carbons (Fsp3) is 0.438. The predicted molar refractivity (Wildman–Crippen MR) is 90.0 cm³/mol. The summed E-state index contributed by atoms with van der Waals surface area (Å²) in [7, 11) is 0. The maximum atomic E-state index is 13.3. The topological polar surface area (TPSA) is 125 Å². The first kappa shape index (κ1) is 16.7. The molecule has 0 radical (unpaired) electrons. The van der Waals surface area contributed by atoms with Gasteiger partial charge in [0.15, 0.2) is 23.0 Å². The van der Waals surface area contributed by atoms with Gasteiger partial charge in [0.25, 0.3) is 0 Å². The van der Waals surface area contributed by atoms with E-state index in [1.165, 1.54) is 16.6 Å². The van der Waals surface area contributed by atoms with Gasteiger partial charge in [-0.15, -0.1) is 5.10 Å². The van der Waals surface area contributed by atoms with E-state index in [0.29, 0.717) is 36.1 Å². The zero-order valence-electron chi connectivity index (χ0n) is 14.0. The molecule has 1 aliphatic carbocycles. The first-order valence-corrected chi connectivity index (χ1v) is 8.22. The van der Waals surface area contributed by atoms with Crippen LogP contribution in [0, 0.1) is 5.92 Å². The number of hydrogen-bond acceptors (Lipinski definition) is 7. The van der Waals surface area contributed by atoms with E-state index in [4.69, 9.17) is 11.5 Å². The summed E-state index contributed by atoms with van der Waals surface area (Å²) in [5.74, 6) is 0.00893. The molecule has 0 spiro atoms. The van der Waals surface area contributed by atoms with Crippen LogP contribution in [0.1, 0.15) is 25.6 Å². The zero-order chi connectivity index (χ0) is 18.6. The number of halogens is 2. The quantitative estimate of drug-likeness (QED) is 0.631. The average molecular weight is 364 g/mol. The van der Waals surface area contributed by atoms with Gasteiger partial charge in [-0.05, 0) is 30.9 Å². The second-order valence-electron chi connectivity index (χ2n) is 6.66. The maximum absolute atomic E-state index is 13.3. The Bertz CT molecular complexity index is 996. The van der Waals surface area contributed by atoms with Crippen molar-refractivity contribution in [2.24, 2.45) is 11.7 Å². The van der Waals surface area contributed by atoms with E-state index >= 15 is 0 Å². The number of nitrogens with zero attached hydrogens (tertiary/aromatic N) is 4. The van der Waals surface area contributed by atoms with Crippen LogP contribution in [-0.4, -0.2) is 36.8 Å². The molecule has 4 rings (SSSR count). The second kappa shape index (κ2) is 5.63.